The number of nitrogens with one attached hydrogen (secondary N) is 1. The van der Waals surface area contributed by atoms with Gasteiger partial charge in [0.05, 0.1) is 26.2 Å². The molecule has 3 rings (SSSR count). The number of anilines is 2. The molecule has 0 saturated carbocycles. The second-order valence-corrected chi connectivity index (χ2v) is 10.9. The largest absolute Gasteiger partial charge is 1.00 e. The average Bonchev–Trinajstić information content (AvgIpc) is 3.13. The molecule has 0 radical (unpaired) electrons. The van der Waals surface area contributed by atoms with Crippen molar-refractivity contribution >= 4 is 70.6 Å². The molecule has 1 amide bonds. The average molecular weight is 572 g/mol. The number of fused-ring (bicyclic) bond motifs is 1. The minimum absolute atomic E-state index is 0. The first-order valence-corrected chi connectivity index (χ1v) is 13.4. The Bertz CT molecular complexity index is 1480. The van der Waals surface area contributed by atoms with Crippen LogP contribution >= 0.6 is 11.5 Å². The van der Waals surface area contributed by atoms with Crippen molar-refractivity contribution in [1.82, 2.24) is 4.37 Å². The second kappa shape index (κ2) is 13.7. The molecule has 0 aliphatic carbocycles. The fourth-order valence-corrected chi connectivity index (χ4v) is 4.64. The molecule has 1 N–H and O–H groups in total. The minimum atomic E-state index is -4.65. The van der Waals surface area contributed by atoms with Gasteiger partial charge in [-0.1, -0.05) is 0 Å². The van der Waals surface area contributed by atoms with Gasteiger partial charge >= 0.3 is 59.1 Å². The number of azo groups is 1. The Hall–Kier alpha value is -0.980. The zero-order chi connectivity index (χ0) is 25.1. The minimum Gasteiger partial charge on any atom is -0.748 e. The van der Waals surface area contributed by atoms with E-state index in [1.54, 1.807) is 30.1 Å². The predicted octanol–water partition coefficient (Wildman–Crippen LogP) is -3.05. The molecule has 0 unspecified atom stereocenters. The van der Waals surface area contributed by atoms with Gasteiger partial charge in [0.25, 0.3) is 0 Å². The number of rotatable bonds is 9. The van der Waals surface area contributed by atoms with Crippen LogP contribution in [-0.4, -0.2) is 55.6 Å². The summed E-state index contributed by atoms with van der Waals surface area (Å²) in [6.07, 6.45) is 0.138. The molecule has 2 aromatic carbocycles. The van der Waals surface area contributed by atoms with E-state index in [-0.39, 0.29) is 76.4 Å². The van der Waals surface area contributed by atoms with Gasteiger partial charge in [-0.2, -0.15) is 4.37 Å². The summed E-state index contributed by atoms with van der Waals surface area (Å²) in [6, 6.07) is 8.64. The van der Waals surface area contributed by atoms with Gasteiger partial charge in [0.1, 0.15) is 15.8 Å². The molecule has 0 saturated heterocycles. The van der Waals surface area contributed by atoms with E-state index in [0.717, 1.165) is 11.5 Å². The van der Waals surface area contributed by atoms with Gasteiger partial charge in [-0.3, -0.25) is 4.79 Å². The third-order valence-corrected chi connectivity index (χ3v) is 6.97. The number of carbonyl (C=O) groups is 1. The summed E-state index contributed by atoms with van der Waals surface area (Å²) in [5, 5.41) is 11.5. The Morgan fingerprint density at radius 1 is 1.08 bits per heavy atom. The molecule has 0 bridgehead atoms. The summed E-state index contributed by atoms with van der Waals surface area (Å²) in [5.41, 5.74) is 1.71. The van der Waals surface area contributed by atoms with Crippen molar-refractivity contribution in [2.24, 2.45) is 10.2 Å². The molecular formula is C19H19N5Na2O7S3. The van der Waals surface area contributed by atoms with E-state index >= 15 is 0 Å². The Kier molecular flexibility index (Phi) is 12.6. The van der Waals surface area contributed by atoms with Crippen molar-refractivity contribution in [2.75, 3.05) is 29.6 Å². The maximum atomic E-state index is 11.7. The van der Waals surface area contributed by atoms with Crippen molar-refractivity contribution in [3.8, 4) is 0 Å². The third-order valence-electron chi connectivity index (χ3n) is 4.59. The molecule has 36 heavy (non-hydrogen) atoms. The van der Waals surface area contributed by atoms with Gasteiger partial charge in [0.2, 0.25) is 5.91 Å². The van der Waals surface area contributed by atoms with Crippen LogP contribution in [-0.2, 0) is 25.0 Å². The van der Waals surface area contributed by atoms with Gasteiger partial charge in [0.15, 0.2) is 5.00 Å². The number of benzene rings is 2. The zero-order valence-corrected chi connectivity index (χ0v) is 26.4. The molecule has 1 aromatic heterocycles. The topological polar surface area (TPSA) is 184 Å². The smallest absolute Gasteiger partial charge is 0.748 e. The fourth-order valence-electron chi connectivity index (χ4n) is 2.98. The molecule has 0 aliphatic rings. The number of aromatic nitrogens is 1. The molecule has 0 spiro atoms. The van der Waals surface area contributed by atoms with Crippen LogP contribution < -0.4 is 69.3 Å². The van der Waals surface area contributed by atoms with Gasteiger partial charge < -0.3 is 19.3 Å². The van der Waals surface area contributed by atoms with E-state index in [1.165, 1.54) is 25.1 Å². The molecule has 0 fully saturated rings. The van der Waals surface area contributed by atoms with E-state index in [4.69, 9.17) is 0 Å². The first-order valence-electron chi connectivity index (χ1n) is 9.67. The molecule has 0 atom stereocenters. The Morgan fingerprint density at radius 2 is 1.78 bits per heavy atom. The van der Waals surface area contributed by atoms with Gasteiger partial charge in [-0.25, -0.2) is 16.8 Å². The Labute approximate surface area is 256 Å². The first kappa shape index (κ1) is 33.0. The normalized spacial score (nSPS) is 11.7. The van der Waals surface area contributed by atoms with E-state index in [9.17, 15) is 30.7 Å². The van der Waals surface area contributed by atoms with Crippen molar-refractivity contribution in [1.29, 1.82) is 0 Å². The van der Waals surface area contributed by atoms with Crippen LogP contribution in [0.4, 0.5) is 22.1 Å². The Balaban J connectivity index is 0.00000324. The van der Waals surface area contributed by atoms with Crippen LogP contribution in [0.15, 0.2) is 51.5 Å². The van der Waals surface area contributed by atoms with Gasteiger partial charge in [-0.15, -0.1) is 10.2 Å². The number of carbonyl (C=O) groups excluding carboxylic acids is 1. The van der Waals surface area contributed by atoms with Crippen LogP contribution in [0.3, 0.4) is 0 Å². The monoisotopic (exact) mass is 571 g/mol. The van der Waals surface area contributed by atoms with Crippen molar-refractivity contribution < 1.29 is 89.9 Å². The van der Waals surface area contributed by atoms with Crippen LogP contribution in [0.1, 0.15) is 13.3 Å². The summed E-state index contributed by atoms with van der Waals surface area (Å²) in [6.45, 7) is 1.61. The van der Waals surface area contributed by atoms with Gasteiger partial charge in [-0.05, 0) is 54.4 Å². The zero-order valence-electron chi connectivity index (χ0n) is 20.0. The van der Waals surface area contributed by atoms with E-state index in [2.05, 4.69) is 19.9 Å². The molecule has 17 heteroatoms. The number of hydrogen-bond donors (Lipinski definition) is 1. The molecule has 3 aromatic rings. The summed E-state index contributed by atoms with van der Waals surface area (Å²) in [7, 11) is -7.25. The van der Waals surface area contributed by atoms with E-state index in [1.807, 2.05) is 0 Å². The van der Waals surface area contributed by atoms with Crippen LogP contribution in [0.25, 0.3) is 10.9 Å². The molecule has 182 valence electrons. The van der Waals surface area contributed by atoms with Gasteiger partial charge in [0, 0.05) is 37.3 Å². The van der Waals surface area contributed by atoms with Crippen molar-refractivity contribution in [3.05, 3.63) is 36.4 Å². The van der Waals surface area contributed by atoms with Crippen LogP contribution in [0.2, 0.25) is 0 Å². The molecule has 1 heterocycles. The maximum absolute atomic E-state index is 11.7. The summed E-state index contributed by atoms with van der Waals surface area (Å²) >= 11 is 0.963. The quantitative estimate of drug-likeness (QED) is 0.158. The van der Waals surface area contributed by atoms with Crippen LogP contribution in [0.5, 0.6) is 0 Å². The van der Waals surface area contributed by atoms with Crippen LogP contribution in [0, 0.1) is 0 Å². The first-order chi connectivity index (χ1) is 15.8. The number of hydrogen-bond acceptors (Lipinski definition) is 12. The fraction of sp³-hybridized carbons (Fsp3) is 0.263. The maximum Gasteiger partial charge on any atom is 1.00 e. The van der Waals surface area contributed by atoms with E-state index < -0.39 is 30.9 Å². The molecule has 0 aliphatic heterocycles. The van der Waals surface area contributed by atoms with Crippen molar-refractivity contribution in [2.45, 2.75) is 18.2 Å². The number of nitrogens with zero attached hydrogens (tertiary/aromatic N) is 4. The number of amides is 1. The summed E-state index contributed by atoms with van der Waals surface area (Å²) < 4.78 is 70.5. The standard InChI is InChI=1S/C19H21N5O7S3.2Na/c1-12(25)20-18-10-13(24(2)8-3-9-33(26,27)28)4-6-17(18)21-22-19-15-11-14(34(29,30)31)5-7-16(15)23-32-19;;/h4-7,10-11H,3,8-9H2,1-2H3,(H,20,25)(H,26,27,28)(H,29,30,31);;/q;2*+1/p-2. The SMILES string of the molecule is CC(=O)Nc1cc(N(C)CCCS(=O)(=O)[O-])ccc1N=Nc1snc2ccc(S(=O)(=O)[O-])cc12.[Na+].[Na+]. The summed E-state index contributed by atoms with van der Waals surface area (Å²) in [4.78, 5) is 13.0. The third kappa shape index (κ3) is 9.40. The Morgan fingerprint density at radius 3 is 2.39 bits per heavy atom. The molecular weight excluding hydrogens is 552 g/mol. The van der Waals surface area contributed by atoms with Crippen molar-refractivity contribution in [3.63, 3.8) is 0 Å². The molecule has 12 nitrogen and oxygen atoms in total. The summed E-state index contributed by atoms with van der Waals surface area (Å²) in [5.74, 6) is -0.845. The second-order valence-electron chi connectivity index (χ2n) is 7.24. The predicted molar refractivity (Wildman–Crippen MR) is 125 cm³/mol. The van der Waals surface area contributed by atoms with E-state index in [0.29, 0.717) is 34.5 Å².